The van der Waals surface area contributed by atoms with E-state index in [1.807, 2.05) is 18.2 Å². The molecule has 1 N–H and O–H groups in total. The summed E-state index contributed by atoms with van der Waals surface area (Å²) < 4.78 is 27.8. The van der Waals surface area contributed by atoms with E-state index in [-0.39, 0.29) is 4.90 Å². The predicted molar refractivity (Wildman–Crippen MR) is 121 cm³/mol. The van der Waals surface area contributed by atoms with Gasteiger partial charge in [-0.05, 0) is 56.0 Å². The average molecular weight is 438 g/mol. The standard InChI is InChI=1S/C24H27N3O3S/c28-23(24(14-6-7-15-24)31(29,30)19-9-3-1-4-10-19)25-18-12-13-21-20(17-18)26-22-11-5-2-8-16-27(21)22/h1,3-4,9-10,12-13,17H,2,5-8,11,14-16H2,(H,25,28). The fourth-order valence-electron chi connectivity index (χ4n) is 5.06. The van der Waals surface area contributed by atoms with Crippen LogP contribution in [0, 0.1) is 0 Å². The second-order valence-corrected chi connectivity index (χ2v) is 10.9. The molecule has 1 amide bonds. The van der Waals surface area contributed by atoms with Crippen molar-refractivity contribution in [3.63, 3.8) is 0 Å². The summed E-state index contributed by atoms with van der Waals surface area (Å²) in [5.74, 6) is 0.656. The number of hydrogen-bond donors (Lipinski definition) is 1. The van der Waals surface area contributed by atoms with Crippen LogP contribution in [0.4, 0.5) is 5.69 Å². The van der Waals surface area contributed by atoms with Crippen molar-refractivity contribution < 1.29 is 13.2 Å². The molecular formula is C24H27N3O3S. The van der Waals surface area contributed by atoms with Crippen LogP contribution in [0.3, 0.4) is 0 Å². The lowest BCUT2D eigenvalue weighted by Gasteiger charge is -2.27. The Morgan fingerprint density at radius 1 is 0.968 bits per heavy atom. The smallest absolute Gasteiger partial charge is 0.246 e. The molecule has 1 aliphatic heterocycles. The maximum Gasteiger partial charge on any atom is 0.246 e. The lowest BCUT2D eigenvalue weighted by atomic mass is 10.1. The first-order valence-corrected chi connectivity index (χ1v) is 12.6. The Bertz CT molecular complexity index is 1230. The van der Waals surface area contributed by atoms with Gasteiger partial charge >= 0.3 is 0 Å². The molecule has 2 heterocycles. The molecule has 0 unspecified atom stereocenters. The summed E-state index contributed by atoms with van der Waals surface area (Å²) in [6.07, 6.45) is 6.63. The van der Waals surface area contributed by atoms with E-state index < -0.39 is 20.5 Å². The highest BCUT2D eigenvalue weighted by Gasteiger charge is 2.52. The van der Waals surface area contributed by atoms with Crippen LogP contribution in [0.5, 0.6) is 0 Å². The number of hydrogen-bond acceptors (Lipinski definition) is 4. The number of benzene rings is 2. The third kappa shape index (κ3) is 3.35. The Morgan fingerprint density at radius 2 is 1.74 bits per heavy atom. The van der Waals surface area contributed by atoms with Crippen LogP contribution in [0.2, 0.25) is 0 Å². The van der Waals surface area contributed by atoms with E-state index in [2.05, 4.69) is 9.88 Å². The first kappa shape index (κ1) is 20.2. The van der Waals surface area contributed by atoms with Gasteiger partial charge in [0.15, 0.2) is 14.6 Å². The highest BCUT2D eigenvalue weighted by molar-refractivity contribution is 7.93. The number of rotatable bonds is 4. The maximum absolute atomic E-state index is 13.5. The number of sulfone groups is 1. The molecule has 0 atom stereocenters. The SMILES string of the molecule is O=C(Nc1ccc2c(c1)nc1n2CCCCC1)C1(S(=O)(=O)c2ccccc2)CCCC1. The molecule has 2 aliphatic rings. The first-order chi connectivity index (χ1) is 15.0. The molecule has 31 heavy (non-hydrogen) atoms. The zero-order valence-electron chi connectivity index (χ0n) is 17.5. The van der Waals surface area contributed by atoms with Crippen LogP contribution in [0.15, 0.2) is 53.4 Å². The van der Waals surface area contributed by atoms with E-state index in [1.54, 1.807) is 30.3 Å². The van der Waals surface area contributed by atoms with Gasteiger partial charge in [-0.1, -0.05) is 37.5 Å². The highest BCUT2D eigenvalue weighted by atomic mass is 32.2. The average Bonchev–Trinajstić information content (AvgIpc) is 3.34. The van der Waals surface area contributed by atoms with E-state index in [1.165, 1.54) is 6.42 Å². The molecule has 2 aromatic carbocycles. The van der Waals surface area contributed by atoms with Crippen LogP contribution >= 0.6 is 0 Å². The molecular weight excluding hydrogens is 410 g/mol. The molecule has 0 saturated heterocycles. The van der Waals surface area contributed by atoms with Crippen LogP contribution in [0.1, 0.15) is 50.8 Å². The summed E-state index contributed by atoms with van der Waals surface area (Å²) in [7, 11) is -3.80. The number of nitrogens with one attached hydrogen (secondary N) is 1. The summed E-state index contributed by atoms with van der Waals surface area (Å²) in [6.45, 7) is 0.968. The van der Waals surface area contributed by atoms with Crippen LogP contribution < -0.4 is 5.32 Å². The summed E-state index contributed by atoms with van der Waals surface area (Å²) in [5, 5.41) is 2.92. The number of nitrogens with zero attached hydrogens (tertiary/aromatic N) is 2. The van der Waals surface area contributed by atoms with Crippen molar-refractivity contribution in [2.75, 3.05) is 5.32 Å². The second kappa shape index (κ2) is 7.79. The minimum Gasteiger partial charge on any atom is -0.328 e. The maximum atomic E-state index is 13.5. The van der Waals surface area contributed by atoms with Crippen molar-refractivity contribution in [3.8, 4) is 0 Å². The fourth-order valence-corrected chi connectivity index (χ4v) is 7.15. The number of imidazole rings is 1. The monoisotopic (exact) mass is 437 g/mol. The van der Waals surface area contributed by atoms with E-state index in [4.69, 9.17) is 4.98 Å². The Morgan fingerprint density at radius 3 is 2.52 bits per heavy atom. The van der Waals surface area contributed by atoms with Gasteiger partial charge in [0.1, 0.15) is 5.82 Å². The van der Waals surface area contributed by atoms with Gasteiger partial charge in [0.25, 0.3) is 0 Å². The highest BCUT2D eigenvalue weighted by Crippen LogP contribution is 2.41. The van der Waals surface area contributed by atoms with Gasteiger partial charge in [-0.2, -0.15) is 0 Å². The minimum atomic E-state index is -3.80. The number of aryl methyl sites for hydroxylation is 2. The van der Waals surface area contributed by atoms with E-state index >= 15 is 0 Å². The molecule has 1 aromatic heterocycles. The Labute approximate surface area is 182 Å². The van der Waals surface area contributed by atoms with E-state index in [0.717, 1.165) is 55.5 Å². The number of fused-ring (bicyclic) bond motifs is 3. The molecule has 0 radical (unpaired) electrons. The molecule has 7 heteroatoms. The molecule has 6 nitrogen and oxygen atoms in total. The number of aromatic nitrogens is 2. The lowest BCUT2D eigenvalue weighted by Crippen LogP contribution is -2.47. The van der Waals surface area contributed by atoms with E-state index in [0.29, 0.717) is 18.5 Å². The first-order valence-electron chi connectivity index (χ1n) is 11.1. The van der Waals surface area contributed by atoms with Gasteiger partial charge in [-0.3, -0.25) is 4.79 Å². The summed E-state index contributed by atoms with van der Waals surface area (Å²) in [6, 6.07) is 14.0. The van der Waals surface area contributed by atoms with Gasteiger partial charge in [0.05, 0.1) is 15.9 Å². The van der Waals surface area contributed by atoms with Crippen molar-refractivity contribution in [3.05, 3.63) is 54.4 Å². The van der Waals surface area contributed by atoms with Crippen molar-refractivity contribution in [2.45, 2.75) is 67.6 Å². The minimum absolute atomic E-state index is 0.209. The topological polar surface area (TPSA) is 81.1 Å². The fraction of sp³-hybridized carbons (Fsp3) is 0.417. The largest absolute Gasteiger partial charge is 0.328 e. The predicted octanol–water partition coefficient (Wildman–Crippen LogP) is 4.49. The molecule has 5 rings (SSSR count). The van der Waals surface area contributed by atoms with Crippen molar-refractivity contribution >= 4 is 32.5 Å². The molecule has 1 fully saturated rings. The van der Waals surface area contributed by atoms with E-state index in [9.17, 15) is 13.2 Å². The molecule has 1 saturated carbocycles. The zero-order chi connectivity index (χ0) is 21.5. The summed E-state index contributed by atoms with van der Waals surface area (Å²) >= 11 is 0. The Balaban J connectivity index is 1.47. The van der Waals surface area contributed by atoms with Crippen LogP contribution in [-0.4, -0.2) is 28.6 Å². The number of carbonyl (C=O) groups is 1. The van der Waals surface area contributed by atoms with Gasteiger partial charge in [-0.15, -0.1) is 0 Å². The number of anilines is 1. The van der Waals surface area contributed by atoms with Gasteiger partial charge in [0, 0.05) is 18.7 Å². The molecule has 162 valence electrons. The molecule has 0 bridgehead atoms. The quantitative estimate of drug-likeness (QED) is 0.652. The van der Waals surface area contributed by atoms with Gasteiger partial charge in [-0.25, -0.2) is 13.4 Å². The summed E-state index contributed by atoms with van der Waals surface area (Å²) in [5.41, 5.74) is 2.52. The Hall–Kier alpha value is -2.67. The number of carbonyl (C=O) groups excluding carboxylic acids is 1. The van der Waals surface area contributed by atoms with Gasteiger partial charge < -0.3 is 9.88 Å². The molecule has 0 spiro atoms. The number of amides is 1. The molecule has 3 aromatic rings. The summed E-state index contributed by atoms with van der Waals surface area (Å²) in [4.78, 5) is 18.4. The third-order valence-corrected chi connectivity index (χ3v) is 9.28. The van der Waals surface area contributed by atoms with Crippen molar-refractivity contribution in [1.29, 1.82) is 0 Å². The Kier molecular flexibility index (Phi) is 5.08. The third-order valence-electron chi connectivity index (χ3n) is 6.76. The second-order valence-electron chi connectivity index (χ2n) is 8.67. The van der Waals surface area contributed by atoms with Crippen LogP contribution in [0.25, 0.3) is 11.0 Å². The van der Waals surface area contributed by atoms with Crippen LogP contribution in [-0.2, 0) is 27.6 Å². The van der Waals surface area contributed by atoms with Crippen molar-refractivity contribution in [2.24, 2.45) is 0 Å². The lowest BCUT2D eigenvalue weighted by molar-refractivity contribution is -0.118. The molecule has 1 aliphatic carbocycles. The zero-order valence-corrected chi connectivity index (χ0v) is 18.3. The van der Waals surface area contributed by atoms with Crippen molar-refractivity contribution in [1.82, 2.24) is 9.55 Å². The normalized spacial score (nSPS) is 18.5. The van der Waals surface area contributed by atoms with Gasteiger partial charge in [0.2, 0.25) is 5.91 Å².